The van der Waals surface area contributed by atoms with Crippen LogP contribution in [0.3, 0.4) is 0 Å². The van der Waals surface area contributed by atoms with Gasteiger partial charge in [0, 0.05) is 19.2 Å². The lowest BCUT2D eigenvalue weighted by atomic mass is 10.1. The summed E-state index contributed by atoms with van der Waals surface area (Å²) < 4.78 is 0. The van der Waals surface area contributed by atoms with E-state index in [2.05, 4.69) is 21.4 Å². The number of nitrogens with one attached hydrogen (secondary N) is 1. The van der Waals surface area contributed by atoms with Crippen LogP contribution in [0.1, 0.15) is 47.3 Å². The fourth-order valence-electron chi connectivity index (χ4n) is 3.18. The third-order valence-corrected chi connectivity index (χ3v) is 4.76. The van der Waals surface area contributed by atoms with Crippen LogP contribution in [0.4, 0.5) is 11.5 Å². The van der Waals surface area contributed by atoms with E-state index in [9.17, 15) is 4.79 Å². The Kier molecular flexibility index (Phi) is 5.53. The molecule has 0 spiro atoms. The van der Waals surface area contributed by atoms with Gasteiger partial charge in [0.1, 0.15) is 17.8 Å². The van der Waals surface area contributed by atoms with E-state index in [0.29, 0.717) is 16.5 Å². The van der Waals surface area contributed by atoms with Gasteiger partial charge in [-0.05, 0) is 43.9 Å². The maximum Gasteiger partial charge on any atom is 0.272 e. The highest BCUT2D eigenvalue weighted by molar-refractivity contribution is 6.33. The lowest BCUT2D eigenvalue weighted by molar-refractivity contribution is 0.0755. The molecule has 0 radical (unpaired) electrons. The quantitative estimate of drug-likeness (QED) is 0.877. The highest BCUT2D eigenvalue weighted by Crippen LogP contribution is 2.29. The van der Waals surface area contributed by atoms with Crippen molar-refractivity contribution in [3.63, 3.8) is 0 Å². The van der Waals surface area contributed by atoms with Crippen molar-refractivity contribution in [2.45, 2.75) is 39.5 Å². The number of nitrogens with zero attached hydrogens (tertiary/aromatic N) is 3. The van der Waals surface area contributed by atoms with Crippen molar-refractivity contribution in [3.8, 4) is 0 Å². The van der Waals surface area contributed by atoms with E-state index in [1.54, 1.807) is 6.07 Å². The minimum atomic E-state index is -0.0286. The average Bonchev–Trinajstić information content (AvgIpc) is 2.87. The van der Waals surface area contributed by atoms with Crippen molar-refractivity contribution in [1.29, 1.82) is 0 Å². The zero-order valence-electron chi connectivity index (χ0n) is 14.7. The lowest BCUT2D eigenvalue weighted by Gasteiger charge is -2.20. The van der Waals surface area contributed by atoms with Crippen LogP contribution < -0.4 is 5.32 Å². The smallest absolute Gasteiger partial charge is 0.272 e. The molecular weight excluding hydrogens is 336 g/mol. The lowest BCUT2D eigenvalue weighted by Crippen LogP contribution is -2.32. The fraction of sp³-hybridized carbons (Fsp3) is 0.421. The number of aromatic nitrogens is 2. The Labute approximate surface area is 153 Å². The van der Waals surface area contributed by atoms with Gasteiger partial charge in [-0.15, -0.1) is 0 Å². The zero-order chi connectivity index (χ0) is 17.8. The van der Waals surface area contributed by atoms with Gasteiger partial charge < -0.3 is 10.2 Å². The Hall–Kier alpha value is -2.14. The highest BCUT2D eigenvalue weighted by Gasteiger charge is 2.19. The first-order valence-corrected chi connectivity index (χ1v) is 9.07. The minimum absolute atomic E-state index is 0.0286. The number of anilines is 2. The molecule has 2 heterocycles. The van der Waals surface area contributed by atoms with Crippen molar-refractivity contribution < 1.29 is 4.79 Å². The summed E-state index contributed by atoms with van der Waals surface area (Å²) in [6.07, 6.45) is 5.90. The van der Waals surface area contributed by atoms with Gasteiger partial charge in [-0.2, -0.15) is 0 Å². The molecule has 0 aliphatic carbocycles. The molecule has 1 aliphatic heterocycles. The van der Waals surface area contributed by atoms with Crippen LogP contribution in [0.15, 0.2) is 24.5 Å². The third kappa shape index (κ3) is 4.28. The molecule has 1 aliphatic rings. The normalized spacial score (nSPS) is 14.9. The number of halogens is 1. The first kappa shape index (κ1) is 17.7. The number of benzene rings is 1. The number of hydrogen-bond acceptors (Lipinski definition) is 4. The van der Waals surface area contributed by atoms with Gasteiger partial charge in [0.25, 0.3) is 5.91 Å². The number of carbonyl (C=O) groups excluding carboxylic acids is 1. The summed E-state index contributed by atoms with van der Waals surface area (Å²) in [5, 5.41) is 3.86. The second-order valence-corrected chi connectivity index (χ2v) is 6.97. The Bertz CT molecular complexity index is 747. The van der Waals surface area contributed by atoms with Crippen LogP contribution in [0, 0.1) is 13.8 Å². The number of likely N-dealkylation sites (tertiary alicyclic amines) is 1. The summed E-state index contributed by atoms with van der Waals surface area (Å²) in [6, 6.07) is 5.66. The first-order chi connectivity index (χ1) is 12.0. The number of amides is 1. The Morgan fingerprint density at radius 3 is 2.48 bits per heavy atom. The molecule has 0 saturated carbocycles. The molecular formula is C19H23ClN4O. The van der Waals surface area contributed by atoms with Gasteiger partial charge in [0.2, 0.25) is 0 Å². The molecule has 1 aromatic heterocycles. The largest absolute Gasteiger partial charge is 0.339 e. The second kappa shape index (κ2) is 7.83. The fourth-order valence-corrected chi connectivity index (χ4v) is 3.55. The predicted molar refractivity (Wildman–Crippen MR) is 101 cm³/mol. The topological polar surface area (TPSA) is 58.1 Å². The standard InChI is InChI=1S/C19H23ClN4O/c1-13-9-14(2)18(15(20)10-13)23-17-11-16(21-12-22-17)19(25)24-7-5-3-4-6-8-24/h9-12H,3-8H2,1-2H3,(H,21,22,23). The Morgan fingerprint density at radius 1 is 1.08 bits per heavy atom. The number of carbonyl (C=O) groups is 1. The van der Waals surface area contributed by atoms with Crippen LogP contribution >= 0.6 is 11.6 Å². The summed E-state index contributed by atoms with van der Waals surface area (Å²) in [5.74, 6) is 0.543. The molecule has 1 fully saturated rings. The van der Waals surface area contributed by atoms with E-state index in [1.807, 2.05) is 24.8 Å². The zero-order valence-corrected chi connectivity index (χ0v) is 15.4. The van der Waals surface area contributed by atoms with Gasteiger partial charge in [-0.25, -0.2) is 9.97 Å². The SMILES string of the molecule is Cc1cc(C)c(Nc2cc(C(=O)N3CCCCCC3)ncn2)c(Cl)c1. The molecule has 25 heavy (non-hydrogen) atoms. The summed E-state index contributed by atoms with van der Waals surface area (Å²) >= 11 is 6.35. The summed E-state index contributed by atoms with van der Waals surface area (Å²) in [5.41, 5.74) is 3.36. The molecule has 1 saturated heterocycles. The Balaban J connectivity index is 1.81. The van der Waals surface area contributed by atoms with Gasteiger partial charge in [-0.1, -0.05) is 30.5 Å². The van der Waals surface area contributed by atoms with Gasteiger partial charge in [-0.3, -0.25) is 4.79 Å². The van der Waals surface area contributed by atoms with Crippen LogP contribution in [-0.2, 0) is 0 Å². The number of aryl methyl sites for hydroxylation is 2. The monoisotopic (exact) mass is 358 g/mol. The van der Waals surface area contributed by atoms with E-state index >= 15 is 0 Å². The molecule has 5 nitrogen and oxygen atoms in total. The predicted octanol–water partition coefficient (Wildman–Crippen LogP) is 4.51. The van der Waals surface area contributed by atoms with E-state index in [1.165, 1.54) is 19.2 Å². The highest BCUT2D eigenvalue weighted by atomic mass is 35.5. The van der Waals surface area contributed by atoms with Crippen LogP contribution in [0.5, 0.6) is 0 Å². The van der Waals surface area contributed by atoms with Crippen LogP contribution in [0.2, 0.25) is 5.02 Å². The van der Waals surface area contributed by atoms with E-state index < -0.39 is 0 Å². The van der Waals surface area contributed by atoms with E-state index in [0.717, 1.165) is 42.7 Å². The Morgan fingerprint density at radius 2 is 1.80 bits per heavy atom. The van der Waals surface area contributed by atoms with Crippen LogP contribution in [-0.4, -0.2) is 33.9 Å². The molecule has 0 bridgehead atoms. The van der Waals surface area contributed by atoms with Gasteiger partial charge in [0.15, 0.2) is 0 Å². The molecule has 1 aromatic carbocycles. The number of hydrogen-bond donors (Lipinski definition) is 1. The third-order valence-electron chi connectivity index (χ3n) is 4.46. The molecule has 0 atom stereocenters. The maximum absolute atomic E-state index is 12.7. The minimum Gasteiger partial charge on any atom is -0.339 e. The van der Waals surface area contributed by atoms with Crippen molar-refractivity contribution in [3.05, 3.63) is 46.4 Å². The van der Waals surface area contributed by atoms with Crippen molar-refractivity contribution in [2.24, 2.45) is 0 Å². The molecule has 6 heteroatoms. The molecule has 132 valence electrons. The van der Waals surface area contributed by atoms with Gasteiger partial charge in [0.05, 0.1) is 10.7 Å². The van der Waals surface area contributed by atoms with E-state index in [4.69, 9.17) is 11.6 Å². The summed E-state index contributed by atoms with van der Waals surface area (Å²) in [6.45, 7) is 5.60. The second-order valence-electron chi connectivity index (χ2n) is 6.56. The number of rotatable bonds is 3. The maximum atomic E-state index is 12.7. The molecule has 0 unspecified atom stereocenters. The van der Waals surface area contributed by atoms with Crippen molar-refractivity contribution in [1.82, 2.24) is 14.9 Å². The molecule has 3 rings (SSSR count). The summed E-state index contributed by atoms with van der Waals surface area (Å²) in [4.78, 5) is 23.0. The van der Waals surface area contributed by atoms with Crippen molar-refractivity contribution >= 4 is 29.0 Å². The first-order valence-electron chi connectivity index (χ1n) is 8.69. The average molecular weight is 359 g/mol. The molecule has 1 amide bonds. The van der Waals surface area contributed by atoms with Crippen LogP contribution in [0.25, 0.3) is 0 Å². The summed E-state index contributed by atoms with van der Waals surface area (Å²) in [7, 11) is 0. The molecule has 1 N–H and O–H groups in total. The van der Waals surface area contributed by atoms with Crippen molar-refractivity contribution in [2.75, 3.05) is 18.4 Å². The van der Waals surface area contributed by atoms with E-state index in [-0.39, 0.29) is 5.91 Å². The molecule has 2 aromatic rings. The van der Waals surface area contributed by atoms with Gasteiger partial charge >= 0.3 is 0 Å².